The van der Waals surface area contributed by atoms with E-state index in [1.54, 1.807) is 0 Å². The fourth-order valence-electron chi connectivity index (χ4n) is 4.39. The van der Waals surface area contributed by atoms with Crippen LogP contribution in [-0.2, 0) is 5.54 Å². The first-order chi connectivity index (χ1) is 13.0. The van der Waals surface area contributed by atoms with Crippen molar-refractivity contribution in [2.24, 2.45) is 0 Å². The van der Waals surface area contributed by atoms with Crippen LogP contribution >= 0.6 is 0 Å². The molecule has 0 spiro atoms. The van der Waals surface area contributed by atoms with E-state index in [0.29, 0.717) is 11.6 Å². The van der Waals surface area contributed by atoms with Crippen molar-refractivity contribution >= 4 is 0 Å². The molecule has 2 saturated heterocycles. The molecule has 1 aromatic heterocycles. The van der Waals surface area contributed by atoms with Gasteiger partial charge < -0.3 is 0 Å². The molecule has 4 rings (SSSR count). The van der Waals surface area contributed by atoms with Gasteiger partial charge in [-0.25, -0.2) is 4.68 Å². The number of nitrogens with zero attached hydrogens (tertiary/aromatic N) is 7. The van der Waals surface area contributed by atoms with Gasteiger partial charge in [-0.3, -0.25) is 9.80 Å². The average Bonchev–Trinajstić information content (AvgIpc) is 3.31. The highest BCUT2D eigenvalue weighted by molar-refractivity contribution is 5.36. The number of hydrogen-bond acceptors (Lipinski definition) is 6. The lowest BCUT2D eigenvalue weighted by molar-refractivity contribution is 0.0776. The summed E-state index contributed by atoms with van der Waals surface area (Å²) in [6.07, 6.45) is 2.54. The normalized spacial score (nSPS) is 22.4. The van der Waals surface area contributed by atoms with Gasteiger partial charge in [0.25, 0.3) is 0 Å². The molecule has 27 heavy (non-hydrogen) atoms. The Morgan fingerprint density at radius 1 is 1.22 bits per heavy atom. The van der Waals surface area contributed by atoms with Crippen LogP contribution in [0.4, 0.5) is 0 Å². The topological polar surface area (TPSA) is 73.9 Å². The molecule has 7 heteroatoms. The van der Waals surface area contributed by atoms with E-state index in [0.717, 1.165) is 31.0 Å². The van der Waals surface area contributed by atoms with Gasteiger partial charge in [0.15, 0.2) is 5.82 Å². The van der Waals surface area contributed by atoms with Crippen molar-refractivity contribution in [3.63, 3.8) is 0 Å². The Labute approximate surface area is 160 Å². The third kappa shape index (κ3) is 3.47. The van der Waals surface area contributed by atoms with Crippen molar-refractivity contribution < 1.29 is 0 Å². The number of tetrazole rings is 1. The van der Waals surface area contributed by atoms with Gasteiger partial charge in [0, 0.05) is 25.7 Å². The van der Waals surface area contributed by atoms with E-state index < -0.39 is 0 Å². The van der Waals surface area contributed by atoms with Crippen LogP contribution in [0.25, 0.3) is 0 Å². The predicted molar refractivity (Wildman–Crippen MR) is 102 cm³/mol. The smallest absolute Gasteiger partial charge is 0.173 e. The van der Waals surface area contributed by atoms with Crippen LogP contribution in [0.5, 0.6) is 0 Å². The van der Waals surface area contributed by atoms with Crippen molar-refractivity contribution in [2.45, 2.75) is 51.2 Å². The number of piperazine rings is 1. The zero-order chi connectivity index (χ0) is 19.0. The SMILES string of the molecule is CC(C)(C)n1nnnc1[C@@H](c1cccc(C#N)c1)N1CCN2CCC[C@@H]2C1. The number of nitriles is 1. The van der Waals surface area contributed by atoms with Crippen molar-refractivity contribution in [3.8, 4) is 6.07 Å². The summed E-state index contributed by atoms with van der Waals surface area (Å²) in [6, 6.07) is 10.7. The van der Waals surface area contributed by atoms with E-state index in [9.17, 15) is 5.26 Å². The highest BCUT2D eigenvalue weighted by atomic mass is 15.6. The molecular weight excluding hydrogens is 338 g/mol. The molecular formula is C20H27N7. The summed E-state index contributed by atoms with van der Waals surface area (Å²) in [5.41, 5.74) is 1.55. The Balaban J connectivity index is 1.76. The minimum absolute atomic E-state index is 0.0460. The second-order valence-electron chi connectivity index (χ2n) is 8.59. The molecule has 2 fully saturated rings. The van der Waals surface area contributed by atoms with Gasteiger partial charge in [0.1, 0.15) is 0 Å². The predicted octanol–water partition coefficient (Wildman–Crippen LogP) is 2.17. The summed E-state index contributed by atoms with van der Waals surface area (Å²) in [6.45, 7) is 10.6. The Bertz CT molecular complexity index is 845. The fourth-order valence-corrected chi connectivity index (χ4v) is 4.39. The molecule has 1 aromatic carbocycles. The number of rotatable bonds is 3. The first-order valence-corrected chi connectivity index (χ1v) is 9.74. The Kier molecular flexibility index (Phi) is 4.70. The highest BCUT2D eigenvalue weighted by Crippen LogP contribution is 2.33. The molecule has 0 radical (unpaired) electrons. The molecule has 2 aromatic rings. The van der Waals surface area contributed by atoms with E-state index in [1.165, 1.54) is 19.4 Å². The molecule has 2 aliphatic rings. The van der Waals surface area contributed by atoms with Crippen LogP contribution in [-0.4, -0.2) is 62.2 Å². The van der Waals surface area contributed by atoms with E-state index in [1.807, 2.05) is 22.9 Å². The number of aromatic nitrogens is 4. The van der Waals surface area contributed by atoms with E-state index in [-0.39, 0.29) is 11.6 Å². The summed E-state index contributed by atoms with van der Waals surface area (Å²) in [5, 5.41) is 22.1. The molecule has 142 valence electrons. The molecule has 2 atom stereocenters. The zero-order valence-electron chi connectivity index (χ0n) is 16.3. The van der Waals surface area contributed by atoms with E-state index in [4.69, 9.17) is 0 Å². The molecule has 0 unspecified atom stereocenters. The van der Waals surface area contributed by atoms with Gasteiger partial charge >= 0.3 is 0 Å². The van der Waals surface area contributed by atoms with Crippen molar-refractivity contribution in [1.29, 1.82) is 5.26 Å². The summed E-state index contributed by atoms with van der Waals surface area (Å²) in [7, 11) is 0. The molecule has 0 bridgehead atoms. The van der Waals surface area contributed by atoms with Crippen LogP contribution in [0.2, 0.25) is 0 Å². The van der Waals surface area contributed by atoms with Gasteiger partial charge in [-0.05, 0) is 68.3 Å². The largest absolute Gasteiger partial charge is 0.298 e. The molecule has 0 N–H and O–H groups in total. The number of hydrogen-bond donors (Lipinski definition) is 0. The summed E-state index contributed by atoms with van der Waals surface area (Å²) >= 11 is 0. The van der Waals surface area contributed by atoms with Crippen LogP contribution in [0.3, 0.4) is 0 Å². The van der Waals surface area contributed by atoms with Crippen LogP contribution in [0.15, 0.2) is 24.3 Å². The van der Waals surface area contributed by atoms with Crippen LogP contribution < -0.4 is 0 Å². The number of fused-ring (bicyclic) bond motifs is 1. The lowest BCUT2D eigenvalue weighted by Gasteiger charge is -2.41. The summed E-state index contributed by atoms with van der Waals surface area (Å²) < 4.78 is 1.93. The second-order valence-corrected chi connectivity index (χ2v) is 8.59. The number of benzene rings is 1. The Morgan fingerprint density at radius 2 is 2.07 bits per heavy atom. The second kappa shape index (κ2) is 7.02. The fraction of sp³-hybridized carbons (Fsp3) is 0.600. The highest BCUT2D eigenvalue weighted by Gasteiger charge is 2.37. The first kappa shape index (κ1) is 18.1. The molecule has 0 aliphatic carbocycles. The Hall–Kier alpha value is -2.30. The minimum Gasteiger partial charge on any atom is -0.298 e. The first-order valence-electron chi connectivity index (χ1n) is 9.74. The molecule has 7 nitrogen and oxygen atoms in total. The maximum absolute atomic E-state index is 9.38. The van der Waals surface area contributed by atoms with Crippen molar-refractivity contribution in [2.75, 3.05) is 26.2 Å². The molecule has 0 saturated carbocycles. The monoisotopic (exact) mass is 365 g/mol. The maximum Gasteiger partial charge on any atom is 0.173 e. The van der Waals surface area contributed by atoms with Gasteiger partial charge in [0.05, 0.1) is 23.2 Å². The lowest BCUT2D eigenvalue weighted by atomic mass is 9.99. The van der Waals surface area contributed by atoms with Crippen molar-refractivity contribution in [3.05, 3.63) is 41.2 Å². The lowest BCUT2D eigenvalue weighted by Crippen LogP contribution is -2.51. The van der Waals surface area contributed by atoms with Gasteiger partial charge in [0.2, 0.25) is 0 Å². The average molecular weight is 365 g/mol. The van der Waals surface area contributed by atoms with E-state index >= 15 is 0 Å². The summed E-state index contributed by atoms with van der Waals surface area (Å²) in [5.74, 6) is 0.851. The molecule has 0 amide bonds. The maximum atomic E-state index is 9.38. The summed E-state index contributed by atoms with van der Waals surface area (Å²) in [4.78, 5) is 5.10. The quantitative estimate of drug-likeness (QED) is 0.830. The third-order valence-electron chi connectivity index (χ3n) is 5.69. The molecule has 2 aliphatic heterocycles. The third-order valence-corrected chi connectivity index (χ3v) is 5.69. The van der Waals surface area contributed by atoms with Gasteiger partial charge in [-0.15, -0.1) is 5.10 Å². The molecule has 3 heterocycles. The Morgan fingerprint density at radius 3 is 2.85 bits per heavy atom. The minimum atomic E-state index is -0.209. The standard InChI is InChI=1S/C20H27N7/c1-20(2,3)27-19(22-23-24-27)18(16-7-4-6-15(12-16)13-21)26-11-10-25-9-5-8-17(25)14-26/h4,6-7,12,17-18H,5,8-11,14H2,1-3H3/t17-,18-/m1/s1. The van der Waals surface area contributed by atoms with Crippen molar-refractivity contribution in [1.82, 2.24) is 30.0 Å². The van der Waals surface area contributed by atoms with Crippen LogP contribution in [0.1, 0.15) is 56.6 Å². The van der Waals surface area contributed by atoms with Crippen LogP contribution in [0, 0.1) is 11.3 Å². The van der Waals surface area contributed by atoms with Gasteiger partial charge in [-0.2, -0.15) is 5.26 Å². The van der Waals surface area contributed by atoms with Gasteiger partial charge in [-0.1, -0.05) is 12.1 Å². The zero-order valence-corrected chi connectivity index (χ0v) is 16.3. The van der Waals surface area contributed by atoms with E-state index in [2.05, 4.69) is 58.2 Å².